The zero-order valence-electron chi connectivity index (χ0n) is 12.6. The van der Waals surface area contributed by atoms with Gasteiger partial charge in [0.15, 0.2) is 5.78 Å². The van der Waals surface area contributed by atoms with E-state index in [4.69, 9.17) is 11.6 Å². The van der Waals surface area contributed by atoms with Crippen LogP contribution < -0.4 is 4.31 Å². The number of carbonyl (C=O) groups is 1. The summed E-state index contributed by atoms with van der Waals surface area (Å²) in [5.74, 6) is -0.0254. The van der Waals surface area contributed by atoms with E-state index in [9.17, 15) is 13.2 Å². The summed E-state index contributed by atoms with van der Waals surface area (Å²) in [6.45, 7) is 1.92. The molecule has 1 heterocycles. The average Bonchev–Trinajstić information content (AvgIpc) is 2.53. The highest BCUT2D eigenvalue weighted by Crippen LogP contribution is 2.33. The number of nitrogens with zero attached hydrogens (tertiary/aromatic N) is 1. The number of anilines is 1. The Morgan fingerprint density at radius 3 is 2.65 bits per heavy atom. The van der Waals surface area contributed by atoms with Gasteiger partial charge in [-0.25, -0.2) is 8.42 Å². The molecule has 120 valence electrons. The SMILES string of the molecule is CC(=O)c1ccc2c(c1)CCCN2S(=O)(=O)c1cccc(Cl)c1. The number of hydrogen-bond acceptors (Lipinski definition) is 3. The Bertz CT molecular complexity index is 877. The highest BCUT2D eigenvalue weighted by molar-refractivity contribution is 7.92. The summed E-state index contributed by atoms with van der Waals surface area (Å²) >= 11 is 5.93. The minimum absolute atomic E-state index is 0.0254. The van der Waals surface area contributed by atoms with E-state index in [1.165, 1.54) is 17.3 Å². The Hall–Kier alpha value is -1.85. The van der Waals surface area contributed by atoms with Crippen LogP contribution in [0.15, 0.2) is 47.4 Å². The number of benzene rings is 2. The minimum Gasteiger partial charge on any atom is -0.295 e. The Kier molecular flexibility index (Phi) is 4.17. The predicted molar refractivity (Wildman–Crippen MR) is 90.8 cm³/mol. The van der Waals surface area contributed by atoms with Crippen molar-refractivity contribution in [1.82, 2.24) is 0 Å². The highest BCUT2D eigenvalue weighted by Gasteiger charge is 2.29. The summed E-state index contributed by atoms with van der Waals surface area (Å²) in [4.78, 5) is 11.7. The van der Waals surface area contributed by atoms with E-state index in [0.29, 0.717) is 29.2 Å². The molecule has 2 aromatic rings. The third kappa shape index (κ3) is 2.99. The fraction of sp³-hybridized carbons (Fsp3) is 0.235. The van der Waals surface area contributed by atoms with E-state index >= 15 is 0 Å². The van der Waals surface area contributed by atoms with Gasteiger partial charge in [0, 0.05) is 17.1 Å². The van der Waals surface area contributed by atoms with Crippen molar-refractivity contribution in [3.8, 4) is 0 Å². The van der Waals surface area contributed by atoms with Gasteiger partial charge in [0.1, 0.15) is 0 Å². The van der Waals surface area contributed by atoms with Crippen LogP contribution in [0, 0.1) is 0 Å². The van der Waals surface area contributed by atoms with E-state index in [2.05, 4.69) is 0 Å². The number of aryl methyl sites for hydroxylation is 1. The first-order chi connectivity index (χ1) is 10.9. The molecular formula is C17H16ClNO3S. The lowest BCUT2D eigenvalue weighted by molar-refractivity contribution is 0.101. The van der Waals surface area contributed by atoms with Crippen molar-refractivity contribution in [2.75, 3.05) is 10.8 Å². The Labute approximate surface area is 140 Å². The molecule has 0 spiro atoms. The number of halogens is 1. The topological polar surface area (TPSA) is 54.5 Å². The van der Waals surface area contributed by atoms with Crippen molar-refractivity contribution in [2.24, 2.45) is 0 Å². The molecule has 0 N–H and O–H groups in total. The molecule has 4 nitrogen and oxygen atoms in total. The highest BCUT2D eigenvalue weighted by atomic mass is 35.5. The molecule has 1 aliphatic heterocycles. The molecule has 0 radical (unpaired) electrons. The molecule has 0 bridgehead atoms. The van der Waals surface area contributed by atoms with Crippen molar-refractivity contribution in [3.63, 3.8) is 0 Å². The normalized spacial score (nSPS) is 14.4. The molecule has 3 rings (SSSR count). The summed E-state index contributed by atoms with van der Waals surface area (Å²) in [5.41, 5.74) is 2.13. The number of rotatable bonds is 3. The largest absolute Gasteiger partial charge is 0.295 e. The standard InChI is InChI=1S/C17H16ClNO3S/c1-12(20)13-7-8-17-14(10-13)4-3-9-19(17)23(21,22)16-6-2-5-15(18)11-16/h2,5-8,10-11H,3-4,9H2,1H3. The predicted octanol–water partition coefficient (Wildman–Crippen LogP) is 3.68. The van der Waals surface area contributed by atoms with Crippen LogP contribution in [0.1, 0.15) is 29.3 Å². The van der Waals surface area contributed by atoms with E-state index < -0.39 is 10.0 Å². The smallest absolute Gasteiger partial charge is 0.264 e. The van der Waals surface area contributed by atoms with Crippen molar-refractivity contribution >= 4 is 33.1 Å². The Morgan fingerprint density at radius 1 is 1.17 bits per heavy atom. The lowest BCUT2D eigenvalue weighted by Gasteiger charge is -2.30. The zero-order chi connectivity index (χ0) is 16.6. The summed E-state index contributed by atoms with van der Waals surface area (Å²) in [7, 11) is -3.67. The lowest BCUT2D eigenvalue weighted by Crippen LogP contribution is -2.35. The number of fused-ring (bicyclic) bond motifs is 1. The maximum Gasteiger partial charge on any atom is 0.264 e. The third-order valence-corrected chi connectivity index (χ3v) is 5.99. The van der Waals surface area contributed by atoms with Crippen LogP contribution in [-0.4, -0.2) is 20.7 Å². The molecule has 0 aliphatic carbocycles. The van der Waals surface area contributed by atoms with Crippen LogP contribution in [0.25, 0.3) is 0 Å². The number of carbonyl (C=O) groups excluding carboxylic acids is 1. The summed E-state index contributed by atoms with van der Waals surface area (Å²) < 4.78 is 27.2. The average molecular weight is 350 g/mol. The Morgan fingerprint density at radius 2 is 1.96 bits per heavy atom. The van der Waals surface area contributed by atoms with Crippen LogP contribution in [0.4, 0.5) is 5.69 Å². The van der Waals surface area contributed by atoms with Gasteiger partial charge < -0.3 is 0 Å². The molecule has 2 aromatic carbocycles. The van der Waals surface area contributed by atoms with Crippen molar-refractivity contribution in [1.29, 1.82) is 0 Å². The summed E-state index contributed by atoms with van der Waals surface area (Å²) in [5, 5.41) is 0.384. The number of hydrogen-bond donors (Lipinski definition) is 0. The summed E-state index contributed by atoms with van der Waals surface area (Å²) in [6, 6.07) is 11.4. The maximum absolute atomic E-state index is 12.9. The first-order valence-corrected chi connectivity index (χ1v) is 9.13. The van der Waals surface area contributed by atoms with E-state index in [1.807, 2.05) is 0 Å². The van der Waals surface area contributed by atoms with Gasteiger partial charge in [-0.05, 0) is 61.7 Å². The molecular weight excluding hydrogens is 334 g/mol. The monoisotopic (exact) mass is 349 g/mol. The van der Waals surface area contributed by atoms with Gasteiger partial charge in [0.25, 0.3) is 10.0 Å². The lowest BCUT2D eigenvalue weighted by atomic mass is 9.99. The van der Waals surface area contributed by atoms with Gasteiger partial charge >= 0.3 is 0 Å². The number of ketones is 1. The molecule has 0 saturated carbocycles. The van der Waals surface area contributed by atoms with Crippen molar-refractivity contribution < 1.29 is 13.2 Å². The first kappa shape index (κ1) is 16.0. The molecule has 6 heteroatoms. The molecule has 1 aliphatic rings. The van der Waals surface area contributed by atoms with Crippen molar-refractivity contribution in [3.05, 3.63) is 58.6 Å². The Balaban J connectivity index is 2.08. The van der Waals surface area contributed by atoms with Gasteiger partial charge in [0.05, 0.1) is 10.6 Å². The van der Waals surface area contributed by atoms with Crippen molar-refractivity contribution in [2.45, 2.75) is 24.7 Å². The molecule has 0 saturated heterocycles. The maximum atomic E-state index is 12.9. The van der Waals surface area contributed by atoms with Gasteiger partial charge in [-0.3, -0.25) is 9.10 Å². The van der Waals surface area contributed by atoms with Gasteiger partial charge in [-0.1, -0.05) is 17.7 Å². The molecule has 0 unspecified atom stereocenters. The van der Waals surface area contributed by atoms with Crippen LogP contribution >= 0.6 is 11.6 Å². The molecule has 0 amide bonds. The minimum atomic E-state index is -3.67. The summed E-state index contributed by atoms with van der Waals surface area (Å²) in [6.07, 6.45) is 1.48. The second-order valence-corrected chi connectivity index (χ2v) is 7.84. The number of Topliss-reactive ketones (excluding diaryl/α,β-unsaturated/α-hetero) is 1. The molecule has 0 atom stereocenters. The van der Waals surface area contributed by atoms with Gasteiger partial charge in [-0.2, -0.15) is 0 Å². The molecule has 0 aromatic heterocycles. The van der Waals surface area contributed by atoms with Gasteiger partial charge in [0.2, 0.25) is 0 Å². The third-order valence-electron chi connectivity index (χ3n) is 3.95. The van der Waals surface area contributed by atoms with E-state index in [0.717, 1.165) is 12.0 Å². The molecule has 0 fully saturated rings. The van der Waals surface area contributed by atoms with Crippen LogP contribution in [-0.2, 0) is 16.4 Å². The molecule has 23 heavy (non-hydrogen) atoms. The van der Waals surface area contributed by atoms with Crippen LogP contribution in [0.2, 0.25) is 5.02 Å². The second kappa shape index (κ2) is 5.98. The quantitative estimate of drug-likeness (QED) is 0.794. The second-order valence-electron chi connectivity index (χ2n) is 5.54. The van der Waals surface area contributed by atoms with Crippen LogP contribution in [0.3, 0.4) is 0 Å². The van der Waals surface area contributed by atoms with E-state index in [1.54, 1.807) is 36.4 Å². The van der Waals surface area contributed by atoms with Crippen LogP contribution in [0.5, 0.6) is 0 Å². The zero-order valence-corrected chi connectivity index (χ0v) is 14.2. The fourth-order valence-corrected chi connectivity index (χ4v) is 4.63. The van der Waals surface area contributed by atoms with Gasteiger partial charge in [-0.15, -0.1) is 0 Å². The van der Waals surface area contributed by atoms with E-state index in [-0.39, 0.29) is 10.7 Å². The first-order valence-electron chi connectivity index (χ1n) is 7.32. The fourth-order valence-electron chi connectivity index (χ4n) is 2.79. The number of sulfonamides is 1.